The molecule has 0 saturated heterocycles. The number of anilines is 2. The van der Waals surface area contributed by atoms with Crippen molar-refractivity contribution in [3.05, 3.63) is 86.1 Å². The van der Waals surface area contributed by atoms with Crippen molar-refractivity contribution >= 4 is 17.3 Å². The van der Waals surface area contributed by atoms with Gasteiger partial charge in [-0.25, -0.2) is 4.79 Å². The van der Waals surface area contributed by atoms with Crippen LogP contribution in [0, 0.1) is 0 Å². The van der Waals surface area contributed by atoms with Gasteiger partial charge < -0.3 is 15.4 Å². The largest absolute Gasteiger partial charge is 0.496 e. The number of nitrogens with two attached hydrogens (primary N) is 1. The zero-order valence-corrected chi connectivity index (χ0v) is 19.3. The lowest BCUT2D eigenvalue weighted by Crippen LogP contribution is -2.38. The van der Waals surface area contributed by atoms with Crippen LogP contribution in [0.3, 0.4) is 0 Å². The molecule has 3 aromatic rings. The van der Waals surface area contributed by atoms with E-state index in [4.69, 9.17) is 10.5 Å². The minimum Gasteiger partial charge on any atom is -0.496 e. The van der Waals surface area contributed by atoms with Gasteiger partial charge in [0.2, 0.25) is 0 Å². The van der Waals surface area contributed by atoms with Gasteiger partial charge in [0.05, 0.1) is 7.11 Å². The molecule has 1 heterocycles. The quantitative estimate of drug-likeness (QED) is 0.459. The molecule has 0 aliphatic rings. The van der Waals surface area contributed by atoms with Gasteiger partial charge in [-0.15, -0.1) is 0 Å². The molecule has 3 rings (SSSR count). The van der Waals surface area contributed by atoms with E-state index in [1.54, 1.807) is 25.3 Å². The molecule has 0 unspecified atom stereocenters. The van der Waals surface area contributed by atoms with Crippen molar-refractivity contribution in [2.75, 3.05) is 17.7 Å². The molecule has 8 heteroatoms. The van der Waals surface area contributed by atoms with Gasteiger partial charge in [0.15, 0.2) is 5.78 Å². The molecule has 0 atom stereocenters. The molecule has 2 aromatic carbocycles. The van der Waals surface area contributed by atoms with Gasteiger partial charge in [-0.1, -0.05) is 43.7 Å². The van der Waals surface area contributed by atoms with Gasteiger partial charge in [-0.05, 0) is 37.1 Å². The van der Waals surface area contributed by atoms with Crippen LogP contribution < -0.4 is 26.6 Å². The van der Waals surface area contributed by atoms with Crippen LogP contribution in [0.2, 0.25) is 0 Å². The predicted octanol–water partition coefficient (Wildman–Crippen LogP) is 3.34. The number of ether oxygens (including phenoxy) is 1. The summed E-state index contributed by atoms with van der Waals surface area (Å²) in [5, 5.41) is 0. The zero-order valence-electron chi connectivity index (χ0n) is 19.3. The Morgan fingerprint density at radius 1 is 1.12 bits per heavy atom. The number of rotatable bonds is 10. The summed E-state index contributed by atoms with van der Waals surface area (Å²) in [6.45, 7) is 4.54. The fourth-order valence-corrected chi connectivity index (χ4v) is 3.77. The zero-order chi connectivity index (χ0) is 24.0. The van der Waals surface area contributed by atoms with Crippen molar-refractivity contribution in [1.82, 2.24) is 9.55 Å². The molecule has 0 fully saturated rings. The predicted molar refractivity (Wildman–Crippen MR) is 130 cm³/mol. The number of benzene rings is 2. The second-order valence-corrected chi connectivity index (χ2v) is 7.92. The van der Waals surface area contributed by atoms with Crippen LogP contribution in [0.25, 0.3) is 0 Å². The number of nitrogens with one attached hydrogen (secondary N) is 1. The Bertz CT molecular complexity index is 1230. The molecular formula is C25H30N4O4. The second kappa shape index (κ2) is 10.7. The number of ketones is 1. The topological polar surface area (TPSA) is 110 Å². The molecular weight excluding hydrogens is 420 g/mol. The number of unbranched alkanes of at least 4 members (excludes halogenated alkanes) is 1. The summed E-state index contributed by atoms with van der Waals surface area (Å²) in [4.78, 5) is 41.6. The van der Waals surface area contributed by atoms with E-state index in [1.165, 1.54) is 11.5 Å². The average molecular weight is 451 g/mol. The molecule has 0 spiro atoms. The molecule has 3 N–H and O–H groups in total. The first-order valence-corrected chi connectivity index (χ1v) is 10.9. The maximum absolute atomic E-state index is 13.0. The normalized spacial score (nSPS) is 10.8. The highest BCUT2D eigenvalue weighted by atomic mass is 16.5. The van der Waals surface area contributed by atoms with Crippen LogP contribution in [0.4, 0.5) is 11.5 Å². The van der Waals surface area contributed by atoms with Crippen LogP contribution >= 0.6 is 0 Å². The highest BCUT2D eigenvalue weighted by molar-refractivity contribution is 5.94. The van der Waals surface area contributed by atoms with Gasteiger partial charge in [-0.3, -0.25) is 19.1 Å². The number of hydrogen-bond donors (Lipinski definition) is 2. The van der Waals surface area contributed by atoms with E-state index in [0.717, 1.165) is 24.0 Å². The Hall–Kier alpha value is -3.81. The number of aromatic nitrogens is 2. The molecule has 0 amide bonds. The number of H-pyrrole nitrogens is 1. The summed E-state index contributed by atoms with van der Waals surface area (Å²) in [5.41, 5.74) is 7.77. The third-order valence-electron chi connectivity index (χ3n) is 5.53. The summed E-state index contributed by atoms with van der Waals surface area (Å²) >= 11 is 0. The fraction of sp³-hybridized carbons (Fsp3) is 0.320. The molecule has 0 aliphatic heterocycles. The lowest BCUT2D eigenvalue weighted by atomic mass is 10.1. The molecule has 1 aromatic heterocycles. The van der Waals surface area contributed by atoms with E-state index in [1.807, 2.05) is 42.2 Å². The van der Waals surface area contributed by atoms with Crippen LogP contribution in [0.5, 0.6) is 5.75 Å². The first kappa shape index (κ1) is 23.8. The Morgan fingerprint density at radius 2 is 1.85 bits per heavy atom. The van der Waals surface area contributed by atoms with E-state index in [9.17, 15) is 14.4 Å². The minimum absolute atomic E-state index is 0.0704. The number of methoxy groups -OCH3 is 1. The number of nitrogens with zero attached hydrogens (tertiary/aromatic N) is 2. The van der Waals surface area contributed by atoms with Gasteiger partial charge >= 0.3 is 5.69 Å². The summed E-state index contributed by atoms with van der Waals surface area (Å²) < 4.78 is 6.92. The number of carbonyl (C=O) groups is 1. The first-order valence-electron chi connectivity index (χ1n) is 10.9. The van der Waals surface area contributed by atoms with E-state index < -0.39 is 11.2 Å². The highest BCUT2D eigenvalue weighted by Crippen LogP contribution is 2.27. The molecule has 0 radical (unpaired) electrons. The van der Waals surface area contributed by atoms with Crippen LogP contribution in [0.15, 0.2) is 58.1 Å². The Kier molecular flexibility index (Phi) is 7.71. The lowest BCUT2D eigenvalue weighted by molar-refractivity contribution is 0.101. The summed E-state index contributed by atoms with van der Waals surface area (Å²) in [5.74, 6) is 0.640. The molecule has 8 nitrogen and oxygen atoms in total. The van der Waals surface area contributed by atoms with Gasteiger partial charge in [-0.2, -0.15) is 0 Å². The second-order valence-electron chi connectivity index (χ2n) is 7.92. The highest BCUT2D eigenvalue weighted by Gasteiger charge is 2.21. The van der Waals surface area contributed by atoms with Gasteiger partial charge in [0.1, 0.15) is 17.3 Å². The Labute approximate surface area is 192 Å². The maximum atomic E-state index is 13.0. The molecule has 0 aliphatic carbocycles. The van der Waals surface area contributed by atoms with Crippen molar-refractivity contribution in [3.63, 3.8) is 0 Å². The smallest absolute Gasteiger partial charge is 0.330 e. The monoisotopic (exact) mass is 450 g/mol. The fourth-order valence-electron chi connectivity index (χ4n) is 3.77. The van der Waals surface area contributed by atoms with Gasteiger partial charge in [0.25, 0.3) is 5.56 Å². The first-order chi connectivity index (χ1) is 15.8. The standard InChI is InChI=1S/C25H30N4O4/c1-4-5-13-29-23(26)22(24(31)27-25(29)32)28(15-18-9-7-6-8-10-18)16-20-14-19(17(2)30)11-12-21(20)33-3/h6-12,14H,4-5,13,15-16,26H2,1-3H3,(H,27,31,32). The van der Waals surface area contributed by atoms with Crippen LogP contribution in [-0.2, 0) is 19.6 Å². The maximum Gasteiger partial charge on any atom is 0.330 e. The molecule has 33 heavy (non-hydrogen) atoms. The van der Waals surface area contributed by atoms with E-state index in [2.05, 4.69) is 4.98 Å². The summed E-state index contributed by atoms with van der Waals surface area (Å²) in [7, 11) is 1.56. The van der Waals surface area contributed by atoms with Gasteiger partial charge in [0, 0.05) is 30.8 Å². The number of hydrogen-bond acceptors (Lipinski definition) is 6. The summed E-state index contributed by atoms with van der Waals surface area (Å²) in [6.07, 6.45) is 1.63. The van der Waals surface area contributed by atoms with Crippen LogP contribution in [0.1, 0.15) is 48.2 Å². The third-order valence-corrected chi connectivity index (χ3v) is 5.53. The van der Waals surface area contributed by atoms with Crippen LogP contribution in [-0.4, -0.2) is 22.4 Å². The van der Waals surface area contributed by atoms with Crippen molar-refractivity contribution in [2.24, 2.45) is 0 Å². The summed E-state index contributed by atoms with van der Waals surface area (Å²) in [6, 6.07) is 14.9. The van der Waals surface area contributed by atoms with Crippen molar-refractivity contribution < 1.29 is 9.53 Å². The third kappa shape index (κ3) is 5.52. The van der Waals surface area contributed by atoms with Crippen molar-refractivity contribution in [1.29, 1.82) is 0 Å². The van der Waals surface area contributed by atoms with Crippen molar-refractivity contribution in [3.8, 4) is 5.75 Å². The Morgan fingerprint density at radius 3 is 2.48 bits per heavy atom. The molecule has 174 valence electrons. The minimum atomic E-state index is -0.553. The van der Waals surface area contributed by atoms with E-state index >= 15 is 0 Å². The number of nitrogen functional groups attached to an aromatic ring is 1. The number of aromatic amines is 1. The molecule has 0 saturated carbocycles. The SMILES string of the molecule is CCCCn1c(N)c(N(Cc2ccccc2)Cc2cc(C(C)=O)ccc2OC)c(=O)[nH]c1=O. The van der Waals surface area contributed by atoms with Crippen molar-refractivity contribution in [2.45, 2.75) is 46.3 Å². The molecule has 0 bridgehead atoms. The van der Waals surface area contributed by atoms with E-state index in [-0.39, 0.29) is 23.8 Å². The number of carbonyl (C=O) groups excluding carboxylic acids is 1. The van der Waals surface area contributed by atoms with E-state index in [0.29, 0.717) is 24.4 Å². The Balaban J connectivity index is 2.14. The average Bonchev–Trinajstić information content (AvgIpc) is 2.79. The lowest BCUT2D eigenvalue weighted by Gasteiger charge is -2.27. The number of Topliss-reactive ketones (excluding diaryl/α,β-unsaturated/α-hetero) is 1.